The zero-order chi connectivity index (χ0) is 21.1. The van der Waals surface area contributed by atoms with Crippen LogP contribution in [-0.4, -0.2) is 92.0 Å². The van der Waals surface area contributed by atoms with E-state index in [1.807, 2.05) is 6.92 Å². The van der Waals surface area contributed by atoms with Crippen LogP contribution in [0.3, 0.4) is 0 Å². The Balaban J connectivity index is 1.80. The number of allylic oxidation sites excluding steroid dienone is 1. The SMILES string of the molecule is CC(=O)/C=C/[C@@]12O[C@]1(C)C[C@@H](O[C@H]1O[C@H](CO)[C@@H](O)[C@H](O)[C@H]1O)[C@@H](O)C2(C)C. The number of fused-ring (bicyclic) bond motifs is 1. The summed E-state index contributed by atoms with van der Waals surface area (Å²) in [5, 5.41) is 50.3. The Morgan fingerprint density at radius 3 is 2.36 bits per heavy atom. The average molecular weight is 402 g/mol. The predicted octanol–water partition coefficient (Wildman–Crippen LogP) is -1.36. The first-order chi connectivity index (χ1) is 12.9. The molecule has 9 heteroatoms. The lowest BCUT2D eigenvalue weighted by Gasteiger charge is -2.47. The van der Waals surface area contributed by atoms with Gasteiger partial charge in [0.2, 0.25) is 0 Å². The summed E-state index contributed by atoms with van der Waals surface area (Å²) in [7, 11) is 0. The van der Waals surface area contributed by atoms with Crippen molar-refractivity contribution in [2.45, 2.75) is 88.2 Å². The van der Waals surface area contributed by atoms with Gasteiger partial charge in [0, 0.05) is 11.8 Å². The molecule has 0 bridgehead atoms. The number of rotatable bonds is 5. The van der Waals surface area contributed by atoms with E-state index in [4.69, 9.17) is 14.2 Å². The smallest absolute Gasteiger partial charge is 0.187 e. The summed E-state index contributed by atoms with van der Waals surface area (Å²) in [6, 6.07) is 0. The van der Waals surface area contributed by atoms with Gasteiger partial charge in [0.15, 0.2) is 12.1 Å². The molecule has 0 aromatic carbocycles. The minimum absolute atomic E-state index is 0.128. The van der Waals surface area contributed by atoms with Crippen LogP contribution < -0.4 is 0 Å². The molecule has 1 saturated carbocycles. The minimum atomic E-state index is -1.56. The van der Waals surface area contributed by atoms with Crippen molar-refractivity contribution in [2.24, 2.45) is 5.41 Å². The Bertz CT molecular complexity index is 647. The molecule has 0 unspecified atom stereocenters. The fourth-order valence-electron chi connectivity index (χ4n) is 4.65. The topological polar surface area (TPSA) is 149 Å². The lowest BCUT2D eigenvalue weighted by molar-refractivity contribution is -0.323. The summed E-state index contributed by atoms with van der Waals surface area (Å²) in [5.74, 6) is -0.128. The quantitative estimate of drug-likeness (QED) is 0.277. The number of ether oxygens (including phenoxy) is 3. The van der Waals surface area contributed by atoms with Crippen molar-refractivity contribution in [2.75, 3.05) is 6.61 Å². The van der Waals surface area contributed by atoms with Crippen LogP contribution in [0.25, 0.3) is 0 Å². The molecule has 0 radical (unpaired) electrons. The first kappa shape index (κ1) is 21.8. The molecule has 9 atom stereocenters. The third kappa shape index (κ3) is 3.14. The van der Waals surface area contributed by atoms with Gasteiger partial charge < -0.3 is 39.7 Å². The molecule has 0 amide bonds. The Morgan fingerprint density at radius 2 is 1.79 bits per heavy atom. The van der Waals surface area contributed by atoms with Crippen LogP contribution in [0.5, 0.6) is 0 Å². The van der Waals surface area contributed by atoms with Gasteiger partial charge in [-0.15, -0.1) is 0 Å². The van der Waals surface area contributed by atoms with Gasteiger partial charge in [-0.25, -0.2) is 0 Å². The summed E-state index contributed by atoms with van der Waals surface area (Å²) < 4.78 is 17.2. The molecule has 1 aliphatic carbocycles. The number of ketones is 1. The lowest BCUT2D eigenvalue weighted by atomic mass is 9.61. The van der Waals surface area contributed by atoms with Crippen LogP contribution in [0, 0.1) is 5.41 Å². The molecule has 2 aliphatic heterocycles. The third-order valence-corrected chi connectivity index (χ3v) is 6.48. The molecule has 0 spiro atoms. The van der Waals surface area contributed by atoms with Gasteiger partial charge in [-0.3, -0.25) is 4.79 Å². The van der Waals surface area contributed by atoms with E-state index in [1.54, 1.807) is 19.9 Å². The molecular weight excluding hydrogens is 372 g/mol. The maximum atomic E-state index is 11.4. The minimum Gasteiger partial charge on any atom is -0.394 e. The Labute approximate surface area is 163 Å². The fourth-order valence-corrected chi connectivity index (χ4v) is 4.65. The van der Waals surface area contributed by atoms with Crippen LogP contribution in [0.4, 0.5) is 0 Å². The summed E-state index contributed by atoms with van der Waals surface area (Å²) in [5.41, 5.74) is -2.36. The van der Waals surface area contributed by atoms with Gasteiger partial charge in [-0.1, -0.05) is 13.8 Å². The Kier molecular flexibility index (Phi) is 5.53. The zero-order valence-corrected chi connectivity index (χ0v) is 16.5. The highest BCUT2D eigenvalue weighted by molar-refractivity contribution is 5.87. The van der Waals surface area contributed by atoms with E-state index >= 15 is 0 Å². The van der Waals surface area contributed by atoms with Crippen molar-refractivity contribution in [3.63, 3.8) is 0 Å². The Morgan fingerprint density at radius 1 is 1.14 bits per heavy atom. The van der Waals surface area contributed by atoms with Gasteiger partial charge >= 0.3 is 0 Å². The van der Waals surface area contributed by atoms with E-state index in [9.17, 15) is 30.3 Å². The van der Waals surface area contributed by atoms with Crippen LogP contribution in [-0.2, 0) is 19.0 Å². The highest BCUT2D eigenvalue weighted by atomic mass is 16.7. The second kappa shape index (κ2) is 7.10. The molecule has 9 nitrogen and oxygen atoms in total. The monoisotopic (exact) mass is 402 g/mol. The number of aliphatic hydroxyl groups excluding tert-OH is 5. The van der Waals surface area contributed by atoms with E-state index in [2.05, 4.69) is 0 Å². The molecule has 0 aromatic heterocycles. The number of hydrogen-bond donors (Lipinski definition) is 5. The van der Waals surface area contributed by atoms with E-state index in [0.29, 0.717) is 0 Å². The maximum Gasteiger partial charge on any atom is 0.187 e. The van der Waals surface area contributed by atoms with Crippen molar-refractivity contribution in [3.05, 3.63) is 12.2 Å². The highest BCUT2D eigenvalue weighted by Gasteiger charge is 2.78. The summed E-state index contributed by atoms with van der Waals surface area (Å²) >= 11 is 0. The first-order valence-electron chi connectivity index (χ1n) is 9.44. The number of aliphatic hydroxyl groups is 5. The number of epoxide rings is 1. The van der Waals surface area contributed by atoms with Crippen molar-refractivity contribution < 1.29 is 44.5 Å². The Hall–Kier alpha value is -0.910. The van der Waals surface area contributed by atoms with Crippen LogP contribution in [0.15, 0.2) is 12.2 Å². The van der Waals surface area contributed by atoms with E-state index < -0.39 is 66.1 Å². The van der Waals surface area contributed by atoms with Gasteiger partial charge in [-0.2, -0.15) is 0 Å². The number of carbonyl (C=O) groups excluding carboxylic acids is 1. The van der Waals surface area contributed by atoms with Gasteiger partial charge in [0.05, 0.1) is 18.8 Å². The van der Waals surface area contributed by atoms with Crippen molar-refractivity contribution in [3.8, 4) is 0 Å². The van der Waals surface area contributed by atoms with E-state index in [0.717, 1.165) is 0 Å². The van der Waals surface area contributed by atoms with Crippen LogP contribution in [0.2, 0.25) is 0 Å². The number of carbonyl (C=O) groups is 1. The molecule has 28 heavy (non-hydrogen) atoms. The van der Waals surface area contributed by atoms with Gasteiger partial charge in [0.25, 0.3) is 0 Å². The van der Waals surface area contributed by atoms with Gasteiger partial charge in [-0.05, 0) is 26.0 Å². The average Bonchev–Trinajstić information content (AvgIpc) is 3.25. The summed E-state index contributed by atoms with van der Waals surface area (Å²) in [6.45, 7) is 6.33. The molecule has 0 aromatic rings. The second-order valence-electron chi connectivity index (χ2n) is 8.76. The predicted molar refractivity (Wildman–Crippen MR) is 95.1 cm³/mol. The molecule has 2 saturated heterocycles. The second-order valence-corrected chi connectivity index (χ2v) is 8.76. The van der Waals surface area contributed by atoms with Crippen LogP contribution >= 0.6 is 0 Å². The standard InChI is InChI=1S/C19H30O9/c1-9(21)5-6-19-17(2,3)15(25)10(7-18(19,4)28-19)26-16-14(24)13(23)12(22)11(8-20)27-16/h5-6,10-16,20,22-25H,7-8H2,1-4H3/b6-5+/t10-,11-,12-,13+,14-,15-,16+,18-,19+/m1/s1. The molecule has 3 aliphatic rings. The van der Waals surface area contributed by atoms with Crippen molar-refractivity contribution in [1.82, 2.24) is 0 Å². The number of hydrogen-bond acceptors (Lipinski definition) is 9. The van der Waals surface area contributed by atoms with Crippen molar-refractivity contribution >= 4 is 5.78 Å². The molecule has 3 rings (SSSR count). The largest absolute Gasteiger partial charge is 0.394 e. The van der Waals surface area contributed by atoms with Gasteiger partial charge in [0.1, 0.15) is 35.6 Å². The van der Waals surface area contributed by atoms with E-state index in [-0.39, 0.29) is 12.2 Å². The molecule has 2 heterocycles. The normalized spacial score (nSPS) is 50.4. The highest BCUT2D eigenvalue weighted by Crippen LogP contribution is 2.66. The third-order valence-electron chi connectivity index (χ3n) is 6.48. The summed E-state index contributed by atoms with van der Waals surface area (Å²) in [4.78, 5) is 11.4. The lowest BCUT2D eigenvalue weighted by Crippen LogP contribution is -2.62. The molecule has 160 valence electrons. The van der Waals surface area contributed by atoms with Crippen LogP contribution in [0.1, 0.15) is 34.1 Å². The first-order valence-corrected chi connectivity index (χ1v) is 9.44. The fraction of sp³-hybridized carbons (Fsp3) is 0.842. The van der Waals surface area contributed by atoms with E-state index in [1.165, 1.54) is 13.0 Å². The van der Waals surface area contributed by atoms with Crippen molar-refractivity contribution in [1.29, 1.82) is 0 Å². The maximum absolute atomic E-state index is 11.4. The molecule has 5 N–H and O–H groups in total. The molecular formula is C19H30O9. The molecule has 3 fully saturated rings. The summed E-state index contributed by atoms with van der Waals surface area (Å²) in [6.07, 6.45) is -5.50. The zero-order valence-electron chi connectivity index (χ0n) is 16.5.